The van der Waals surface area contributed by atoms with Gasteiger partial charge < -0.3 is 30.6 Å². The van der Waals surface area contributed by atoms with Gasteiger partial charge in [0.25, 0.3) is 0 Å². The van der Waals surface area contributed by atoms with Crippen molar-refractivity contribution in [1.82, 2.24) is 15.3 Å². The number of carbonyl (C=O) groups is 1. The Morgan fingerprint density at radius 1 is 1.26 bits per heavy atom. The number of anilines is 3. The largest absolute Gasteiger partial charge is 0.474 e. The number of pyridine rings is 2. The molecule has 2 atom stereocenters. The maximum Gasteiger partial charge on any atom is 0.320 e. The van der Waals surface area contributed by atoms with Gasteiger partial charge in [0.05, 0.1) is 18.3 Å². The first kappa shape index (κ1) is 23.1. The molecule has 2 amide bonds. The number of carbonyl (C=O) groups excluding carboxylic acids is 1. The SMILES string of the molecule is CO[C@@H]1COCC[C@@H]1NC(=O)Nc1cc2cc(-c3cnc4c(c3C)NCCO4)c(F)c(N)c2cn1. The molecule has 5 rings (SSSR count). The van der Waals surface area contributed by atoms with E-state index in [9.17, 15) is 4.79 Å². The van der Waals surface area contributed by atoms with E-state index in [0.717, 1.165) is 11.3 Å². The summed E-state index contributed by atoms with van der Waals surface area (Å²) in [5.41, 5.74) is 8.58. The van der Waals surface area contributed by atoms with Crippen LogP contribution in [0.25, 0.3) is 21.9 Å². The zero-order valence-electron chi connectivity index (χ0n) is 19.5. The number of methoxy groups -OCH3 is 1. The van der Waals surface area contributed by atoms with E-state index in [2.05, 4.69) is 25.9 Å². The second-order valence-electron chi connectivity index (χ2n) is 8.54. The molecular weight excluding hydrogens is 455 g/mol. The van der Waals surface area contributed by atoms with E-state index in [1.165, 1.54) is 6.20 Å². The Balaban J connectivity index is 1.44. The van der Waals surface area contributed by atoms with E-state index in [1.807, 2.05) is 6.92 Å². The van der Waals surface area contributed by atoms with Crippen LogP contribution in [0.4, 0.5) is 26.4 Å². The summed E-state index contributed by atoms with van der Waals surface area (Å²) >= 11 is 0. The van der Waals surface area contributed by atoms with Crippen LogP contribution < -0.4 is 26.4 Å². The molecule has 35 heavy (non-hydrogen) atoms. The monoisotopic (exact) mass is 482 g/mol. The molecule has 4 heterocycles. The number of aromatic nitrogens is 2. The number of hydrogen-bond donors (Lipinski definition) is 4. The van der Waals surface area contributed by atoms with Crippen LogP contribution in [0.2, 0.25) is 0 Å². The van der Waals surface area contributed by atoms with Crippen LogP contribution >= 0.6 is 0 Å². The van der Waals surface area contributed by atoms with Gasteiger partial charge >= 0.3 is 6.03 Å². The molecule has 11 heteroatoms. The van der Waals surface area contributed by atoms with Gasteiger partial charge in [0, 0.05) is 49.2 Å². The van der Waals surface area contributed by atoms with Crippen molar-refractivity contribution in [3.63, 3.8) is 0 Å². The number of amides is 2. The lowest BCUT2D eigenvalue weighted by Crippen LogP contribution is -2.50. The second-order valence-corrected chi connectivity index (χ2v) is 8.54. The van der Waals surface area contributed by atoms with Crippen molar-refractivity contribution in [3.05, 3.63) is 35.9 Å². The van der Waals surface area contributed by atoms with Crippen molar-refractivity contribution in [3.8, 4) is 17.0 Å². The summed E-state index contributed by atoms with van der Waals surface area (Å²) in [6.07, 6.45) is 3.45. The molecule has 184 valence electrons. The summed E-state index contributed by atoms with van der Waals surface area (Å²) in [7, 11) is 1.58. The van der Waals surface area contributed by atoms with E-state index in [1.54, 1.807) is 25.4 Å². The van der Waals surface area contributed by atoms with Crippen LogP contribution in [0.5, 0.6) is 5.88 Å². The molecule has 1 saturated heterocycles. The first-order valence-corrected chi connectivity index (χ1v) is 11.4. The number of nitrogens with zero attached hydrogens (tertiary/aromatic N) is 2. The maximum atomic E-state index is 15.3. The zero-order valence-corrected chi connectivity index (χ0v) is 19.5. The van der Waals surface area contributed by atoms with Crippen molar-refractivity contribution in [2.24, 2.45) is 0 Å². The summed E-state index contributed by atoms with van der Waals surface area (Å²) in [5.74, 6) is 0.251. The van der Waals surface area contributed by atoms with Crippen molar-refractivity contribution in [2.45, 2.75) is 25.5 Å². The number of nitrogen functional groups attached to an aromatic ring is 1. The fourth-order valence-corrected chi connectivity index (χ4v) is 4.48. The molecule has 0 unspecified atom stereocenters. The van der Waals surface area contributed by atoms with Gasteiger partial charge in [-0.15, -0.1) is 0 Å². The predicted octanol–water partition coefficient (Wildman–Crippen LogP) is 3.06. The van der Waals surface area contributed by atoms with Crippen LogP contribution in [0.3, 0.4) is 0 Å². The molecule has 0 aliphatic carbocycles. The Hall–Kier alpha value is -3.70. The zero-order chi connectivity index (χ0) is 24.5. The van der Waals surface area contributed by atoms with Crippen LogP contribution in [0.15, 0.2) is 24.5 Å². The normalized spacial score (nSPS) is 19.4. The van der Waals surface area contributed by atoms with E-state index in [4.69, 9.17) is 19.9 Å². The molecule has 0 saturated carbocycles. The fraction of sp³-hybridized carbons (Fsp3) is 0.375. The summed E-state index contributed by atoms with van der Waals surface area (Å²) in [6.45, 7) is 4.01. The maximum absolute atomic E-state index is 15.3. The molecule has 0 radical (unpaired) electrons. The molecule has 2 aliphatic heterocycles. The Bertz CT molecular complexity index is 1290. The first-order valence-electron chi connectivity index (χ1n) is 11.4. The molecule has 1 fully saturated rings. The quantitative estimate of drug-likeness (QED) is 0.417. The first-order chi connectivity index (χ1) is 17.0. The molecule has 3 aromatic rings. The van der Waals surface area contributed by atoms with Gasteiger partial charge in [-0.25, -0.2) is 19.2 Å². The Morgan fingerprint density at radius 2 is 2.11 bits per heavy atom. The van der Waals surface area contributed by atoms with Crippen LogP contribution in [-0.4, -0.2) is 61.6 Å². The molecule has 5 N–H and O–H groups in total. The summed E-state index contributed by atoms with van der Waals surface area (Å²) in [4.78, 5) is 21.2. The molecule has 2 aliphatic rings. The minimum Gasteiger partial charge on any atom is -0.474 e. The third-order valence-electron chi connectivity index (χ3n) is 6.40. The Kier molecular flexibility index (Phi) is 6.27. The Labute approximate surface area is 201 Å². The van der Waals surface area contributed by atoms with Gasteiger partial charge in [-0.3, -0.25) is 5.32 Å². The lowest BCUT2D eigenvalue weighted by molar-refractivity contribution is -0.0466. The highest BCUT2D eigenvalue weighted by molar-refractivity contribution is 6.00. The van der Waals surface area contributed by atoms with Crippen LogP contribution in [0.1, 0.15) is 12.0 Å². The topological polar surface area (TPSA) is 133 Å². The van der Waals surface area contributed by atoms with Crippen molar-refractivity contribution < 1.29 is 23.4 Å². The number of fused-ring (bicyclic) bond motifs is 2. The summed E-state index contributed by atoms with van der Waals surface area (Å²) < 4.78 is 31.7. The number of rotatable bonds is 4. The molecular formula is C24H27FN6O4. The predicted molar refractivity (Wildman–Crippen MR) is 130 cm³/mol. The van der Waals surface area contributed by atoms with Gasteiger partial charge in [-0.2, -0.15) is 0 Å². The number of ether oxygens (including phenoxy) is 3. The standard InChI is InChI=1S/C24H27FN6O4/c1-12-15(9-29-23-22(12)27-4-6-35-23)14-7-13-8-19(28-10-16(13)21(26)20(14)25)31-24(32)30-17-3-5-34-11-18(17)33-2/h7-10,17-18,27H,3-6,11,26H2,1-2H3,(H2,28,30,31,32)/t17-,18+/m0/s1. The number of hydrogen-bond acceptors (Lipinski definition) is 8. The van der Waals surface area contributed by atoms with Gasteiger partial charge in [0.15, 0.2) is 5.82 Å². The number of nitrogens with two attached hydrogens (primary N) is 1. The lowest BCUT2D eigenvalue weighted by atomic mass is 9.97. The second kappa shape index (κ2) is 9.51. The average molecular weight is 483 g/mol. The molecule has 10 nitrogen and oxygen atoms in total. The van der Waals surface area contributed by atoms with Crippen LogP contribution in [0, 0.1) is 12.7 Å². The van der Waals surface area contributed by atoms with E-state index >= 15 is 4.39 Å². The van der Waals surface area contributed by atoms with Gasteiger partial charge in [-0.1, -0.05) is 0 Å². The summed E-state index contributed by atoms with van der Waals surface area (Å²) in [6, 6.07) is 2.75. The number of benzene rings is 1. The molecule has 0 bridgehead atoms. The minimum atomic E-state index is -0.551. The van der Waals surface area contributed by atoms with Crippen molar-refractivity contribution in [2.75, 3.05) is 49.8 Å². The van der Waals surface area contributed by atoms with Gasteiger partial charge in [0.1, 0.15) is 24.2 Å². The number of nitrogens with one attached hydrogen (secondary N) is 3. The van der Waals surface area contributed by atoms with Crippen molar-refractivity contribution in [1.29, 1.82) is 0 Å². The molecule has 0 spiro atoms. The van der Waals surface area contributed by atoms with Crippen LogP contribution in [-0.2, 0) is 9.47 Å². The van der Waals surface area contributed by atoms with Crippen molar-refractivity contribution >= 4 is 34.0 Å². The lowest BCUT2D eigenvalue weighted by Gasteiger charge is -2.30. The Morgan fingerprint density at radius 3 is 2.94 bits per heavy atom. The number of urea groups is 1. The third-order valence-corrected chi connectivity index (χ3v) is 6.40. The highest BCUT2D eigenvalue weighted by Gasteiger charge is 2.27. The van der Waals surface area contributed by atoms with E-state index in [-0.39, 0.29) is 17.8 Å². The van der Waals surface area contributed by atoms with E-state index in [0.29, 0.717) is 66.4 Å². The fourth-order valence-electron chi connectivity index (χ4n) is 4.48. The van der Waals surface area contributed by atoms with E-state index < -0.39 is 11.8 Å². The minimum absolute atomic E-state index is 0.0209. The smallest absolute Gasteiger partial charge is 0.320 e. The van der Waals surface area contributed by atoms with Gasteiger partial charge in [-0.05, 0) is 36.4 Å². The molecule has 2 aromatic heterocycles. The third kappa shape index (κ3) is 4.40. The summed E-state index contributed by atoms with van der Waals surface area (Å²) in [5, 5.41) is 9.99. The highest BCUT2D eigenvalue weighted by atomic mass is 19.1. The average Bonchev–Trinajstić information content (AvgIpc) is 2.87. The molecule has 1 aromatic carbocycles. The van der Waals surface area contributed by atoms with Gasteiger partial charge in [0.2, 0.25) is 5.88 Å². The number of halogens is 1. The highest BCUT2D eigenvalue weighted by Crippen LogP contribution is 2.39.